The van der Waals surface area contributed by atoms with Gasteiger partial charge in [-0.1, -0.05) is 41.9 Å². The monoisotopic (exact) mass is 514 g/mol. The van der Waals surface area contributed by atoms with Crippen LogP contribution in [0.4, 0.5) is 0 Å². The van der Waals surface area contributed by atoms with Gasteiger partial charge in [0.2, 0.25) is 11.8 Å². The van der Waals surface area contributed by atoms with E-state index in [-0.39, 0.29) is 30.9 Å². The van der Waals surface area contributed by atoms with Gasteiger partial charge in [0.05, 0.1) is 25.7 Å². The summed E-state index contributed by atoms with van der Waals surface area (Å²) in [5, 5.41) is 0.617. The number of amides is 2. The molecule has 2 atom stereocenters. The molecule has 2 aliphatic heterocycles. The average Bonchev–Trinajstić information content (AvgIpc) is 3.41. The van der Waals surface area contributed by atoms with Crippen LogP contribution in [-0.4, -0.2) is 73.3 Å². The molecular formula is C28H35ClN2O5. The molecule has 8 heteroatoms. The summed E-state index contributed by atoms with van der Waals surface area (Å²) in [4.78, 5) is 29.9. The molecule has 0 radical (unpaired) electrons. The molecule has 2 aromatic rings. The first-order valence-corrected chi connectivity index (χ1v) is 13.0. The third kappa shape index (κ3) is 7.45. The molecule has 0 aromatic heterocycles. The van der Waals surface area contributed by atoms with Crippen molar-refractivity contribution < 1.29 is 23.8 Å². The summed E-state index contributed by atoms with van der Waals surface area (Å²) in [6, 6.07) is 16.9. The Kier molecular flexibility index (Phi) is 9.24. The summed E-state index contributed by atoms with van der Waals surface area (Å²) in [5.74, 6) is 0.635. The molecule has 7 nitrogen and oxygen atoms in total. The second-order valence-corrected chi connectivity index (χ2v) is 10.1. The number of carbonyl (C=O) groups excluding carboxylic acids is 2. The van der Waals surface area contributed by atoms with Crippen molar-refractivity contribution in [3.63, 3.8) is 0 Å². The fourth-order valence-corrected chi connectivity index (χ4v) is 4.85. The molecule has 2 heterocycles. The van der Waals surface area contributed by atoms with Crippen molar-refractivity contribution in [2.75, 3.05) is 40.0 Å². The van der Waals surface area contributed by atoms with Gasteiger partial charge in [-0.15, -0.1) is 0 Å². The van der Waals surface area contributed by atoms with E-state index in [1.165, 1.54) is 0 Å². The number of ether oxygens (including phenoxy) is 3. The molecule has 0 bridgehead atoms. The summed E-state index contributed by atoms with van der Waals surface area (Å²) >= 11 is 6.01. The van der Waals surface area contributed by atoms with Crippen LogP contribution in [-0.2, 0) is 25.6 Å². The molecule has 36 heavy (non-hydrogen) atoms. The van der Waals surface area contributed by atoms with Crippen LogP contribution in [0.5, 0.6) is 5.75 Å². The molecule has 2 saturated heterocycles. The topological polar surface area (TPSA) is 68.3 Å². The average molecular weight is 515 g/mol. The van der Waals surface area contributed by atoms with E-state index in [1.807, 2.05) is 35.2 Å². The van der Waals surface area contributed by atoms with Gasteiger partial charge in [-0.2, -0.15) is 0 Å². The van der Waals surface area contributed by atoms with Gasteiger partial charge in [0.15, 0.2) is 0 Å². The Balaban J connectivity index is 1.43. The Morgan fingerprint density at radius 2 is 1.92 bits per heavy atom. The first-order valence-electron chi connectivity index (χ1n) is 12.6. The van der Waals surface area contributed by atoms with Crippen molar-refractivity contribution >= 4 is 23.4 Å². The summed E-state index contributed by atoms with van der Waals surface area (Å²) in [6.45, 7) is 2.58. The zero-order chi connectivity index (χ0) is 25.4. The van der Waals surface area contributed by atoms with Crippen LogP contribution >= 0.6 is 11.6 Å². The highest BCUT2D eigenvalue weighted by Crippen LogP contribution is 2.27. The van der Waals surface area contributed by atoms with Gasteiger partial charge in [0.25, 0.3) is 0 Å². The van der Waals surface area contributed by atoms with E-state index >= 15 is 0 Å². The standard InChI is InChI=1S/C28H35ClN2O5/c1-30(19-22-6-3-2-4-7-22)27(33)18-28(21-35-25-11-9-23(29)10-12-25)20-31(15-17-36-28)26(32)14-13-24-8-5-16-34-24/h2-4,6-7,9-12,24H,5,8,13-21H2,1H3/t24-,28+/m1/s1. The van der Waals surface area contributed by atoms with Crippen molar-refractivity contribution in [2.24, 2.45) is 0 Å². The third-order valence-electron chi connectivity index (χ3n) is 6.78. The summed E-state index contributed by atoms with van der Waals surface area (Å²) < 4.78 is 18.0. The lowest BCUT2D eigenvalue weighted by molar-refractivity contribution is -0.166. The molecule has 2 aromatic carbocycles. The molecule has 0 N–H and O–H groups in total. The van der Waals surface area contributed by atoms with Crippen LogP contribution in [0.2, 0.25) is 5.02 Å². The molecule has 0 unspecified atom stereocenters. The lowest BCUT2D eigenvalue weighted by Gasteiger charge is -2.42. The summed E-state index contributed by atoms with van der Waals surface area (Å²) in [7, 11) is 1.79. The molecule has 194 valence electrons. The minimum absolute atomic E-state index is 0.0628. The van der Waals surface area contributed by atoms with Crippen molar-refractivity contribution in [3.05, 3.63) is 65.2 Å². The van der Waals surface area contributed by atoms with E-state index in [1.54, 1.807) is 36.2 Å². The maximum absolute atomic E-state index is 13.3. The molecular weight excluding hydrogens is 480 g/mol. The smallest absolute Gasteiger partial charge is 0.225 e. The van der Waals surface area contributed by atoms with Gasteiger partial charge < -0.3 is 24.0 Å². The minimum atomic E-state index is -0.945. The molecule has 2 amide bonds. The first-order chi connectivity index (χ1) is 17.4. The zero-order valence-corrected chi connectivity index (χ0v) is 21.6. The number of hydrogen-bond acceptors (Lipinski definition) is 5. The van der Waals surface area contributed by atoms with Crippen LogP contribution in [0.15, 0.2) is 54.6 Å². The molecule has 2 fully saturated rings. The highest BCUT2D eigenvalue weighted by molar-refractivity contribution is 6.30. The van der Waals surface area contributed by atoms with Crippen LogP contribution in [0.1, 0.15) is 37.7 Å². The lowest BCUT2D eigenvalue weighted by atomic mass is 9.96. The quantitative estimate of drug-likeness (QED) is 0.472. The van der Waals surface area contributed by atoms with Gasteiger partial charge in [0.1, 0.15) is 18.0 Å². The molecule has 0 aliphatic carbocycles. The van der Waals surface area contributed by atoms with Crippen LogP contribution in [0.3, 0.4) is 0 Å². The Hall–Kier alpha value is -2.61. The second kappa shape index (κ2) is 12.6. The van der Waals surface area contributed by atoms with E-state index in [0.717, 1.165) is 31.4 Å². The third-order valence-corrected chi connectivity index (χ3v) is 7.03. The number of hydrogen-bond donors (Lipinski definition) is 0. The molecule has 0 spiro atoms. The number of carbonyl (C=O) groups is 2. The lowest BCUT2D eigenvalue weighted by Crippen LogP contribution is -2.58. The Morgan fingerprint density at radius 1 is 1.14 bits per heavy atom. The van der Waals surface area contributed by atoms with Gasteiger partial charge in [-0.05, 0) is 49.1 Å². The van der Waals surface area contributed by atoms with Crippen molar-refractivity contribution in [1.82, 2.24) is 9.80 Å². The van der Waals surface area contributed by atoms with Gasteiger partial charge in [0, 0.05) is 38.2 Å². The van der Waals surface area contributed by atoms with Gasteiger partial charge in [-0.3, -0.25) is 9.59 Å². The van der Waals surface area contributed by atoms with Crippen LogP contribution in [0.25, 0.3) is 0 Å². The maximum atomic E-state index is 13.3. The normalized spacial score (nSPS) is 21.8. The van der Waals surface area contributed by atoms with Crippen molar-refractivity contribution in [1.29, 1.82) is 0 Å². The minimum Gasteiger partial charge on any atom is -0.490 e. The highest BCUT2D eigenvalue weighted by Gasteiger charge is 2.42. The molecule has 4 rings (SSSR count). The predicted octanol–water partition coefficient (Wildman–Crippen LogP) is 4.32. The summed E-state index contributed by atoms with van der Waals surface area (Å²) in [6.07, 6.45) is 3.50. The fourth-order valence-electron chi connectivity index (χ4n) is 4.72. The van der Waals surface area contributed by atoms with E-state index in [2.05, 4.69) is 0 Å². The van der Waals surface area contributed by atoms with E-state index < -0.39 is 5.60 Å². The van der Waals surface area contributed by atoms with Crippen molar-refractivity contribution in [2.45, 2.75) is 50.4 Å². The van der Waals surface area contributed by atoms with E-state index in [4.69, 9.17) is 25.8 Å². The number of benzene rings is 2. The van der Waals surface area contributed by atoms with E-state index in [9.17, 15) is 9.59 Å². The van der Waals surface area contributed by atoms with Gasteiger partial charge in [-0.25, -0.2) is 0 Å². The number of rotatable bonds is 10. The SMILES string of the molecule is CN(Cc1ccccc1)C(=O)C[C@@]1(COc2ccc(Cl)cc2)CN(C(=O)CC[C@H]2CCCO2)CCO1. The molecule has 0 saturated carbocycles. The maximum Gasteiger partial charge on any atom is 0.225 e. The van der Waals surface area contributed by atoms with Crippen LogP contribution < -0.4 is 4.74 Å². The predicted molar refractivity (Wildman–Crippen MR) is 138 cm³/mol. The Morgan fingerprint density at radius 3 is 2.64 bits per heavy atom. The van der Waals surface area contributed by atoms with Crippen molar-refractivity contribution in [3.8, 4) is 5.75 Å². The number of morpholine rings is 1. The second-order valence-electron chi connectivity index (χ2n) is 9.68. The Bertz CT molecular complexity index is 997. The number of halogens is 1. The van der Waals surface area contributed by atoms with Crippen LogP contribution in [0, 0.1) is 0 Å². The molecule has 2 aliphatic rings. The Labute approximate surface area is 218 Å². The van der Waals surface area contributed by atoms with Gasteiger partial charge >= 0.3 is 0 Å². The first kappa shape index (κ1) is 26.5. The fraction of sp³-hybridized carbons (Fsp3) is 0.500. The largest absolute Gasteiger partial charge is 0.490 e. The van der Waals surface area contributed by atoms with E-state index in [0.29, 0.717) is 43.4 Å². The number of nitrogens with zero attached hydrogens (tertiary/aromatic N) is 2. The zero-order valence-electron chi connectivity index (χ0n) is 20.9. The highest BCUT2D eigenvalue weighted by atomic mass is 35.5. The summed E-state index contributed by atoms with van der Waals surface area (Å²) in [5.41, 5.74) is 0.106.